The predicted molar refractivity (Wildman–Crippen MR) is 65.7 cm³/mol. The van der Waals surface area contributed by atoms with E-state index in [1.54, 1.807) is 0 Å². The molecule has 0 atom stereocenters. The Morgan fingerprint density at radius 3 is 2.33 bits per heavy atom. The Labute approximate surface area is 123 Å². The van der Waals surface area contributed by atoms with Crippen LogP contribution in [-0.4, -0.2) is 5.16 Å². The third-order valence-electron chi connectivity index (χ3n) is 1.57. The molecule has 0 aromatic heterocycles. The molecule has 0 spiro atoms. The summed E-state index contributed by atoms with van der Waals surface area (Å²) >= 11 is 4.50. The summed E-state index contributed by atoms with van der Waals surface area (Å²) in [6.45, 7) is 7.49. The van der Waals surface area contributed by atoms with E-state index in [0.29, 0.717) is 0 Å². The first-order valence-corrected chi connectivity index (χ1v) is 4.30. The second kappa shape index (κ2) is 9.00. The topological polar surface area (TPSA) is 12.4 Å². The maximum atomic E-state index is 4.50. The van der Waals surface area contributed by atoms with Gasteiger partial charge in [-0.1, -0.05) is 12.1 Å². The summed E-state index contributed by atoms with van der Waals surface area (Å²) in [6, 6.07) is 7.78. The van der Waals surface area contributed by atoms with E-state index in [0.717, 1.165) is 17.7 Å². The van der Waals surface area contributed by atoms with E-state index in [9.17, 15) is 0 Å². The molecule has 0 unspecified atom stereocenters. The fraction of sp³-hybridized carbons (Fsp3) is 0.0833. The van der Waals surface area contributed by atoms with Crippen molar-refractivity contribution in [1.82, 2.24) is 0 Å². The van der Waals surface area contributed by atoms with Gasteiger partial charge in [-0.2, -0.15) is 4.99 Å². The minimum atomic E-state index is 0. The number of rotatable bonds is 3. The van der Waals surface area contributed by atoms with Crippen molar-refractivity contribution in [3.05, 3.63) is 56.3 Å². The average Bonchev–Trinajstić information content (AvgIpc) is 2.08. The number of nitrogens with zero attached hydrogens (tertiary/aromatic N) is 1. The number of isothiocyanates is 1. The Morgan fingerprint density at radius 2 is 1.93 bits per heavy atom. The van der Waals surface area contributed by atoms with Gasteiger partial charge in [0.05, 0.1) is 10.8 Å². The molecule has 1 aromatic rings. The number of hydrogen-bond donors (Lipinski definition) is 0. The van der Waals surface area contributed by atoms with Gasteiger partial charge in [0, 0.05) is 0 Å². The minimum absolute atomic E-state index is 0. The summed E-state index contributed by atoms with van der Waals surface area (Å²) in [7, 11) is 0. The van der Waals surface area contributed by atoms with Gasteiger partial charge in [0.25, 0.3) is 0 Å². The van der Waals surface area contributed by atoms with Crippen LogP contribution in [0, 0.1) is 14.4 Å². The third-order valence-corrected chi connectivity index (χ3v) is 1.66. The first-order valence-electron chi connectivity index (χ1n) is 3.89. The quantitative estimate of drug-likeness (QED) is 0.469. The van der Waals surface area contributed by atoms with E-state index in [1.807, 2.05) is 24.3 Å². The van der Waals surface area contributed by atoms with Gasteiger partial charge in [0.1, 0.15) is 0 Å². The fourth-order valence-corrected chi connectivity index (χ4v) is 1.14. The second-order valence-electron chi connectivity index (χ2n) is 2.80. The van der Waals surface area contributed by atoms with E-state index in [-0.39, 0.29) is 40.1 Å². The SMILES string of the molecule is C=C([CH2-])Cc1ccc(N=C=S)cc1.[CH3-].[Y+3]. The summed E-state index contributed by atoms with van der Waals surface area (Å²) in [5, 5.41) is 2.32. The van der Waals surface area contributed by atoms with E-state index < -0.39 is 0 Å². The molecule has 0 saturated heterocycles. The molecule has 1 nitrogen and oxygen atoms in total. The Hall–Kier alpha value is -0.266. The second-order valence-corrected chi connectivity index (χ2v) is 2.98. The molecular weight excluding hydrogens is 279 g/mol. The van der Waals surface area contributed by atoms with Gasteiger partial charge >= 0.3 is 32.7 Å². The van der Waals surface area contributed by atoms with Gasteiger partial charge in [-0.05, 0) is 36.3 Å². The third kappa shape index (κ3) is 6.75. The van der Waals surface area contributed by atoms with Crippen molar-refractivity contribution in [3.8, 4) is 0 Å². The maximum Gasteiger partial charge on any atom is 3.00 e. The molecule has 1 rings (SSSR count). The van der Waals surface area contributed by atoms with Gasteiger partial charge in [-0.3, -0.25) is 0 Å². The molecule has 0 aliphatic heterocycles. The van der Waals surface area contributed by atoms with Crippen LogP contribution in [0.15, 0.2) is 41.4 Å². The summed E-state index contributed by atoms with van der Waals surface area (Å²) in [6.07, 6.45) is 0.807. The first-order chi connectivity index (χ1) is 6.22. The molecule has 1 aromatic carbocycles. The van der Waals surface area contributed by atoms with Crippen molar-refractivity contribution in [2.45, 2.75) is 6.42 Å². The molecule has 15 heavy (non-hydrogen) atoms. The molecule has 0 radical (unpaired) electrons. The van der Waals surface area contributed by atoms with Crippen LogP contribution < -0.4 is 0 Å². The van der Waals surface area contributed by atoms with Gasteiger partial charge in [-0.25, -0.2) is 19.1 Å². The van der Waals surface area contributed by atoms with Crippen molar-refractivity contribution in [2.24, 2.45) is 4.99 Å². The zero-order valence-electron chi connectivity index (χ0n) is 8.86. The fourth-order valence-electron chi connectivity index (χ4n) is 1.03. The molecule has 0 saturated carbocycles. The van der Waals surface area contributed by atoms with Crippen molar-refractivity contribution >= 4 is 23.1 Å². The molecule has 0 aliphatic carbocycles. The van der Waals surface area contributed by atoms with Crippen LogP contribution in [0.4, 0.5) is 5.69 Å². The number of hydrogen-bond acceptors (Lipinski definition) is 2. The summed E-state index contributed by atoms with van der Waals surface area (Å²) in [5.41, 5.74) is 2.92. The first kappa shape index (κ1) is 17.1. The Balaban J connectivity index is 0. The number of allylic oxidation sites excluding steroid dienone is 1. The average molecular weight is 292 g/mol. The van der Waals surface area contributed by atoms with Gasteiger partial charge in [-0.15, -0.1) is 0 Å². The van der Waals surface area contributed by atoms with E-state index in [2.05, 4.69) is 35.9 Å². The largest absolute Gasteiger partial charge is 3.00 e. The summed E-state index contributed by atoms with van der Waals surface area (Å²) < 4.78 is 0. The van der Waals surface area contributed by atoms with Crippen molar-refractivity contribution in [3.63, 3.8) is 0 Å². The summed E-state index contributed by atoms with van der Waals surface area (Å²) in [5.74, 6) is 0. The predicted octanol–water partition coefficient (Wildman–Crippen LogP) is 3.80. The van der Waals surface area contributed by atoms with Crippen molar-refractivity contribution < 1.29 is 32.7 Å². The van der Waals surface area contributed by atoms with Crippen LogP contribution in [0.2, 0.25) is 0 Å². The van der Waals surface area contributed by atoms with Crippen LogP contribution in [0.25, 0.3) is 0 Å². The van der Waals surface area contributed by atoms with Crippen molar-refractivity contribution in [2.75, 3.05) is 0 Å². The molecular formula is C12H13NSY+. The standard InChI is InChI=1S/C11H10NS.CH3.Y/c1-9(2)7-10-3-5-11(6-4-10)12-8-13;;/h3-6H,1-2,7H2;1H3;/q2*-1;+3. The van der Waals surface area contributed by atoms with Gasteiger partial charge in [0.15, 0.2) is 0 Å². The van der Waals surface area contributed by atoms with Crippen LogP contribution in [0.3, 0.4) is 0 Å². The number of thiocarbonyl (C=S) groups is 1. The van der Waals surface area contributed by atoms with Crippen LogP contribution in [0.5, 0.6) is 0 Å². The monoisotopic (exact) mass is 292 g/mol. The van der Waals surface area contributed by atoms with Crippen molar-refractivity contribution in [1.29, 1.82) is 0 Å². The Kier molecular flexibility index (Phi) is 10.3. The molecule has 0 heterocycles. The molecule has 0 bridgehead atoms. The van der Waals surface area contributed by atoms with Crippen LogP contribution in [0.1, 0.15) is 5.56 Å². The maximum absolute atomic E-state index is 4.50. The minimum Gasteiger partial charge on any atom is -0.358 e. The zero-order chi connectivity index (χ0) is 9.68. The Bertz CT molecular complexity index is 350. The molecule has 0 fully saturated rings. The molecule has 0 amide bonds. The number of aliphatic imine (C=N–C) groups is 1. The number of benzene rings is 1. The van der Waals surface area contributed by atoms with E-state index >= 15 is 0 Å². The smallest absolute Gasteiger partial charge is 0.358 e. The summed E-state index contributed by atoms with van der Waals surface area (Å²) in [4.78, 5) is 3.85. The zero-order valence-corrected chi connectivity index (χ0v) is 12.5. The van der Waals surface area contributed by atoms with E-state index in [4.69, 9.17) is 0 Å². The molecule has 0 N–H and O–H groups in total. The molecule has 3 heteroatoms. The van der Waals surface area contributed by atoms with Gasteiger partial charge in [0.2, 0.25) is 0 Å². The molecule has 0 aliphatic rings. The van der Waals surface area contributed by atoms with Crippen LogP contribution >= 0.6 is 12.2 Å². The Morgan fingerprint density at radius 1 is 1.40 bits per heavy atom. The molecule has 74 valence electrons. The van der Waals surface area contributed by atoms with Gasteiger partial charge < -0.3 is 7.43 Å². The normalized spacial score (nSPS) is 7.73. The van der Waals surface area contributed by atoms with Crippen LogP contribution in [-0.2, 0) is 39.1 Å². The van der Waals surface area contributed by atoms with E-state index in [1.165, 1.54) is 5.56 Å².